The minimum absolute atomic E-state index is 0.104. The molecule has 1 saturated carbocycles. The molecular formula is C21H27N7O4. The van der Waals surface area contributed by atoms with Gasteiger partial charge in [0.2, 0.25) is 0 Å². The van der Waals surface area contributed by atoms with Crippen molar-refractivity contribution in [2.75, 3.05) is 19.4 Å². The topological polar surface area (TPSA) is 139 Å². The van der Waals surface area contributed by atoms with Crippen molar-refractivity contribution in [1.82, 2.24) is 30.9 Å². The minimum atomic E-state index is -1.85. The van der Waals surface area contributed by atoms with Crippen LogP contribution in [0.25, 0.3) is 16.7 Å². The maximum atomic E-state index is 12.5. The van der Waals surface area contributed by atoms with Crippen LogP contribution in [0.5, 0.6) is 0 Å². The van der Waals surface area contributed by atoms with E-state index in [1.807, 2.05) is 6.92 Å². The third-order valence-electron chi connectivity index (χ3n) is 5.95. The van der Waals surface area contributed by atoms with Gasteiger partial charge < -0.3 is 16.0 Å². The summed E-state index contributed by atoms with van der Waals surface area (Å²) in [6.07, 6.45) is 7.39. The molecule has 1 fully saturated rings. The number of aromatic nitrogens is 3. The van der Waals surface area contributed by atoms with Crippen LogP contribution in [0.2, 0.25) is 0 Å². The molecule has 0 unspecified atom stereocenters. The van der Waals surface area contributed by atoms with Crippen molar-refractivity contribution in [3.8, 4) is 0 Å². The number of hydrogen-bond acceptors (Lipinski definition) is 8. The molecule has 2 aromatic rings. The Bertz CT molecular complexity index is 1080. The summed E-state index contributed by atoms with van der Waals surface area (Å²) in [4.78, 5) is 46.9. The average molecular weight is 441 g/mol. The number of nitrogens with zero attached hydrogens (tertiary/aromatic N) is 3. The first-order valence-electron chi connectivity index (χ1n) is 10.7. The van der Waals surface area contributed by atoms with Crippen molar-refractivity contribution in [3.63, 3.8) is 0 Å². The van der Waals surface area contributed by atoms with Crippen LogP contribution in [0, 0.1) is 0 Å². The number of carbonyl (C=O) groups excluding carboxylic acids is 3. The quantitative estimate of drug-likeness (QED) is 0.475. The number of ketones is 1. The smallest absolute Gasteiger partial charge is 0.271 e. The molecule has 0 bridgehead atoms. The maximum absolute atomic E-state index is 12.5. The third kappa shape index (κ3) is 3.58. The van der Waals surface area contributed by atoms with Gasteiger partial charge in [0.1, 0.15) is 5.78 Å². The Balaban J connectivity index is 1.80. The zero-order valence-electron chi connectivity index (χ0n) is 18.3. The number of carbonyl (C=O) groups is 3. The van der Waals surface area contributed by atoms with Gasteiger partial charge in [0, 0.05) is 51.3 Å². The number of amides is 2. The molecule has 11 heteroatoms. The molecule has 170 valence electrons. The normalized spacial score (nSPS) is 18.2. The van der Waals surface area contributed by atoms with Gasteiger partial charge in [-0.15, -0.1) is 0 Å². The summed E-state index contributed by atoms with van der Waals surface area (Å²) in [7, 11) is 2.87. The van der Waals surface area contributed by atoms with Gasteiger partial charge in [-0.2, -0.15) is 5.10 Å². The molecule has 1 aliphatic carbocycles. The zero-order valence-corrected chi connectivity index (χ0v) is 18.3. The molecule has 0 aromatic carbocycles. The molecule has 2 aliphatic rings. The Morgan fingerprint density at radius 1 is 1.22 bits per heavy atom. The lowest BCUT2D eigenvalue weighted by Crippen LogP contribution is -2.55. The minimum Gasteiger partial charge on any atom is -0.381 e. The first-order chi connectivity index (χ1) is 15.4. The van der Waals surface area contributed by atoms with Gasteiger partial charge in [0.25, 0.3) is 17.4 Å². The predicted octanol–water partition coefficient (Wildman–Crippen LogP) is 0.481. The molecule has 0 saturated heterocycles. The van der Waals surface area contributed by atoms with Gasteiger partial charge in [-0.05, 0) is 25.8 Å². The van der Waals surface area contributed by atoms with E-state index in [1.165, 1.54) is 20.2 Å². The number of hydrogen-bond donors (Lipinski definition) is 4. The van der Waals surface area contributed by atoms with Crippen molar-refractivity contribution in [2.24, 2.45) is 0 Å². The highest BCUT2D eigenvalue weighted by molar-refractivity contribution is 6.12. The molecule has 4 rings (SSSR count). The highest BCUT2D eigenvalue weighted by atomic mass is 16.7. The van der Waals surface area contributed by atoms with Crippen LogP contribution in [-0.4, -0.2) is 58.1 Å². The standard InChI is InChI=1S/C21H27N7O4/c1-4-28-18-15(11-25-28)17(26-12-5-7-13(29)8-6-12)14(10-24-18)16-9-21(32-27-16,19(30)22-2)20(31)23-3/h9-12,27H,4-8H2,1-3H3,(H,22,30)(H,23,31)(H,24,26). The van der Waals surface area contributed by atoms with Crippen molar-refractivity contribution in [1.29, 1.82) is 0 Å². The average Bonchev–Trinajstić information content (AvgIpc) is 3.45. The van der Waals surface area contributed by atoms with Gasteiger partial charge in [-0.3, -0.25) is 19.9 Å². The van der Waals surface area contributed by atoms with Gasteiger partial charge >= 0.3 is 0 Å². The molecule has 32 heavy (non-hydrogen) atoms. The van der Waals surface area contributed by atoms with E-state index in [0.717, 1.165) is 23.9 Å². The molecule has 3 heterocycles. The first-order valence-corrected chi connectivity index (χ1v) is 10.7. The number of pyridine rings is 1. The fraction of sp³-hybridized carbons (Fsp3) is 0.476. The van der Waals surface area contributed by atoms with Crippen LogP contribution in [0.4, 0.5) is 5.69 Å². The number of aryl methyl sites for hydroxylation is 1. The number of rotatable bonds is 6. The van der Waals surface area contributed by atoms with Crippen LogP contribution in [-0.2, 0) is 25.8 Å². The second-order valence-corrected chi connectivity index (χ2v) is 7.86. The Labute approximate surface area is 184 Å². The molecule has 4 N–H and O–H groups in total. The van der Waals surface area contributed by atoms with Crippen molar-refractivity contribution in [2.45, 2.75) is 50.8 Å². The Morgan fingerprint density at radius 3 is 2.53 bits per heavy atom. The summed E-state index contributed by atoms with van der Waals surface area (Å²) >= 11 is 0. The lowest BCUT2D eigenvalue weighted by atomic mass is 9.93. The number of anilines is 1. The maximum Gasteiger partial charge on any atom is 0.271 e. The van der Waals surface area contributed by atoms with Crippen molar-refractivity contribution < 1.29 is 19.2 Å². The summed E-state index contributed by atoms with van der Waals surface area (Å²) in [5.74, 6) is -0.934. The Hall–Kier alpha value is -3.47. The lowest BCUT2D eigenvalue weighted by Gasteiger charge is -2.25. The summed E-state index contributed by atoms with van der Waals surface area (Å²) < 4.78 is 1.79. The largest absolute Gasteiger partial charge is 0.381 e. The van der Waals surface area contributed by atoms with Gasteiger partial charge in [0.05, 0.1) is 23.0 Å². The highest BCUT2D eigenvalue weighted by Gasteiger charge is 2.49. The molecule has 0 spiro atoms. The molecule has 2 aromatic heterocycles. The van der Waals surface area contributed by atoms with Gasteiger partial charge in [0.15, 0.2) is 5.65 Å². The van der Waals surface area contributed by atoms with Crippen molar-refractivity contribution in [3.05, 3.63) is 24.0 Å². The van der Waals surface area contributed by atoms with Gasteiger partial charge in [-0.1, -0.05) is 0 Å². The van der Waals surface area contributed by atoms with Crippen LogP contribution in [0.1, 0.15) is 38.2 Å². The Morgan fingerprint density at radius 2 is 1.91 bits per heavy atom. The van der Waals surface area contributed by atoms with E-state index in [1.54, 1.807) is 17.1 Å². The second-order valence-electron chi connectivity index (χ2n) is 7.86. The Kier molecular flexibility index (Phi) is 5.83. The number of fused-ring (bicyclic) bond motifs is 1. The molecule has 0 atom stereocenters. The van der Waals surface area contributed by atoms with Crippen LogP contribution in [0.15, 0.2) is 18.5 Å². The number of Topliss-reactive ketones (excluding diaryl/α,β-unsaturated/α-hetero) is 1. The predicted molar refractivity (Wildman–Crippen MR) is 117 cm³/mol. The number of nitrogens with one attached hydrogen (secondary N) is 4. The second kappa shape index (κ2) is 8.58. The number of likely N-dealkylation sites (N-methyl/N-ethyl adjacent to an activating group) is 2. The van der Waals surface area contributed by atoms with E-state index in [4.69, 9.17) is 4.84 Å². The van der Waals surface area contributed by atoms with Gasteiger partial charge in [-0.25, -0.2) is 14.5 Å². The van der Waals surface area contributed by atoms with Crippen molar-refractivity contribution >= 4 is 40.0 Å². The molecule has 2 amide bonds. The molecule has 1 aliphatic heterocycles. The highest BCUT2D eigenvalue weighted by Crippen LogP contribution is 2.36. The lowest BCUT2D eigenvalue weighted by molar-refractivity contribution is -0.156. The fourth-order valence-electron chi connectivity index (χ4n) is 4.13. The summed E-state index contributed by atoms with van der Waals surface area (Å²) in [6.45, 7) is 2.64. The van der Waals surface area contributed by atoms with E-state index >= 15 is 0 Å². The third-order valence-corrected chi connectivity index (χ3v) is 5.95. The molecular weight excluding hydrogens is 414 g/mol. The van der Waals surface area contributed by atoms with Crippen LogP contribution >= 0.6 is 0 Å². The summed E-state index contributed by atoms with van der Waals surface area (Å²) in [5.41, 5.74) is 3.45. The monoisotopic (exact) mass is 441 g/mol. The first kappa shape index (κ1) is 21.8. The van der Waals surface area contributed by atoms with E-state index in [-0.39, 0.29) is 11.8 Å². The van der Waals surface area contributed by atoms with E-state index in [9.17, 15) is 14.4 Å². The zero-order chi connectivity index (χ0) is 22.9. The van der Waals surface area contributed by atoms with Crippen LogP contribution < -0.4 is 21.4 Å². The van der Waals surface area contributed by atoms with Crippen LogP contribution in [0.3, 0.4) is 0 Å². The van der Waals surface area contributed by atoms with E-state index in [0.29, 0.717) is 36.3 Å². The molecule has 0 radical (unpaired) electrons. The van der Waals surface area contributed by atoms with E-state index < -0.39 is 17.4 Å². The fourth-order valence-corrected chi connectivity index (χ4v) is 4.13. The number of hydroxylamine groups is 1. The summed E-state index contributed by atoms with van der Waals surface area (Å²) in [5, 5.41) is 13.7. The SMILES string of the molecule is CCn1ncc2c(NC3CCC(=O)CC3)c(C3=CC(C(=O)NC)(C(=O)NC)ON3)cnc21. The molecule has 11 nitrogen and oxygen atoms in total. The summed E-state index contributed by atoms with van der Waals surface area (Å²) in [6, 6.07) is 0.104. The van der Waals surface area contributed by atoms with E-state index in [2.05, 4.69) is 31.5 Å².